The highest BCUT2D eigenvalue weighted by Gasteiger charge is 2.35. The van der Waals surface area contributed by atoms with E-state index in [0.29, 0.717) is 17.2 Å². The van der Waals surface area contributed by atoms with E-state index in [-0.39, 0.29) is 11.4 Å². The Morgan fingerprint density at radius 1 is 1.50 bits per heavy atom. The summed E-state index contributed by atoms with van der Waals surface area (Å²) in [7, 11) is 0. The first kappa shape index (κ1) is 15.4. The highest BCUT2D eigenvalue weighted by Crippen LogP contribution is 2.33. The Balaban J connectivity index is 2.19. The monoisotopic (exact) mass is 339 g/mol. The Morgan fingerprint density at radius 3 is 2.90 bits per heavy atom. The molecule has 1 aromatic rings. The summed E-state index contributed by atoms with van der Waals surface area (Å²) in [6.07, 6.45) is 4.48. The van der Waals surface area contributed by atoms with Crippen molar-refractivity contribution >= 4 is 21.8 Å². The van der Waals surface area contributed by atoms with Gasteiger partial charge in [0.05, 0.1) is 22.5 Å². The van der Waals surface area contributed by atoms with Crippen LogP contribution in [-0.4, -0.2) is 27.0 Å². The van der Waals surface area contributed by atoms with Crippen LogP contribution in [0.3, 0.4) is 0 Å². The molecule has 1 aromatic heterocycles. The lowest BCUT2D eigenvalue weighted by Crippen LogP contribution is -2.52. The van der Waals surface area contributed by atoms with E-state index in [1.807, 2.05) is 19.9 Å². The fraction of sp³-hybridized carbons (Fsp3) is 0.667. The Hall–Kier alpha value is -0.970. The molecule has 4 nitrogen and oxygen atoms in total. The van der Waals surface area contributed by atoms with Crippen molar-refractivity contribution in [2.75, 3.05) is 5.33 Å². The van der Waals surface area contributed by atoms with Gasteiger partial charge < -0.3 is 5.32 Å². The highest BCUT2D eigenvalue weighted by atomic mass is 79.9. The predicted octanol–water partition coefficient (Wildman–Crippen LogP) is 3.17. The first-order valence-corrected chi connectivity index (χ1v) is 8.27. The molecule has 1 fully saturated rings. The van der Waals surface area contributed by atoms with Gasteiger partial charge in [-0.3, -0.25) is 4.79 Å². The normalized spacial score (nSPS) is 26.3. The van der Waals surface area contributed by atoms with Crippen molar-refractivity contribution in [3.63, 3.8) is 0 Å². The molecule has 1 saturated carbocycles. The Bertz CT molecular complexity index is 506. The fourth-order valence-corrected chi connectivity index (χ4v) is 3.67. The topological polar surface area (TPSA) is 54.9 Å². The summed E-state index contributed by atoms with van der Waals surface area (Å²) < 4.78 is 0. The number of hydrogen-bond donors (Lipinski definition) is 1. The second kappa shape index (κ2) is 6.20. The Morgan fingerprint density at radius 2 is 2.25 bits per heavy atom. The van der Waals surface area contributed by atoms with Gasteiger partial charge in [-0.05, 0) is 38.7 Å². The molecule has 0 saturated heterocycles. The van der Waals surface area contributed by atoms with Gasteiger partial charge in [0.1, 0.15) is 0 Å². The molecule has 1 N–H and O–H groups in total. The number of amides is 1. The van der Waals surface area contributed by atoms with Gasteiger partial charge in [-0.1, -0.05) is 35.7 Å². The third-order valence-electron chi connectivity index (χ3n) is 4.07. The second-order valence-electron chi connectivity index (χ2n) is 6.05. The van der Waals surface area contributed by atoms with E-state index >= 15 is 0 Å². The van der Waals surface area contributed by atoms with Gasteiger partial charge in [-0.2, -0.15) is 10.2 Å². The molecule has 2 rings (SSSR count). The molecule has 20 heavy (non-hydrogen) atoms. The van der Waals surface area contributed by atoms with Gasteiger partial charge in [-0.25, -0.2) is 0 Å². The molecular weight excluding hydrogens is 318 g/mol. The van der Waals surface area contributed by atoms with Gasteiger partial charge in [-0.15, -0.1) is 0 Å². The maximum Gasteiger partial charge on any atom is 0.253 e. The molecule has 1 aliphatic carbocycles. The molecule has 110 valence electrons. The minimum Gasteiger partial charge on any atom is -0.346 e. The minimum absolute atomic E-state index is 0.0333. The van der Waals surface area contributed by atoms with Crippen LogP contribution in [-0.2, 0) is 0 Å². The number of alkyl halides is 1. The average molecular weight is 340 g/mol. The van der Waals surface area contributed by atoms with E-state index in [0.717, 1.165) is 23.9 Å². The van der Waals surface area contributed by atoms with Crippen LogP contribution >= 0.6 is 15.9 Å². The van der Waals surface area contributed by atoms with Crippen molar-refractivity contribution in [3.05, 3.63) is 23.0 Å². The molecule has 0 spiro atoms. The zero-order chi connectivity index (χ0) is 14.8. The van der Waals surface area contributed by atoms with E-state index in [1.54, 1.807) is 0 Å². The number of nitrogens with zero attached hydrogens (tertiary/aromatic N) is 2. The van der Waals surface area contributed by atoms with E-state index < -0.39 is 0 Å². The number of aromatic nitrogens is 2. The van der Waals surface area contributed by atoms with Crippen molar-refractivity contribution < 1.29 is 4.79 Å². The van der Waals surface area contributed by atoms with Crippen molar-refractivity contribution in [3.8, 4) is 0 Å². The fourth-order valence-electron chi connectivity index (χ4n) is 3.02. The van der Waals surface area contributed by atoms with Crippen molar-refractivity contribution in [1.82, 2.24) is 15.5 Å². The average Bonchev–Trinajstić information content (AvgIpc) is 2.41. The number of rotatable bonds is 3. The molecule has 2 atom stereocenters. The molecule has 0 aromatic carbocycles. The lowest BCUT2D eigenvalue weighted by Gasteiger charge is -2.39. The molecule has 1 aliphatic rings. The second-order valence-corrected chi connectivity index (χ2v) is 6.62. The van der Waals surface area contributed by atoms with Gasteiger partial charge in [0.2, 0.25) is 0 Å². The quantitative estimate of drug-likeness (QED) is 0.860. The standard InChI is InChI=1S/C15H22BrN3O/c1-10-5-4-6-15(8-10,9-16)17-14(20)13-7-11(2)18-19-12(13)3/h7,10H,4-6,8-9H2,1-3H3,(H,17,20). The van der Waals surface area contributed by atoms with E-state index in [9.17, 15) is 4.79 Å². The van der Waals surface area contributed by atoms with E-state index in [4.69, 9.17) is 0 Å². The largest absolute Gasteiger partial charge is 0.346 e. The molecule has 0 radical (unpaired) electrons. The minimum atomic E-state index is -0.127. The van der Waals surface area contributed by atoms with E-state index in [2.05, 4.69) is 38.4 Å². The Labute approximate surface area is 128 Å². The van der Waals surface area contributed by atoms with Gasteiger partial charge in [0.15, 0.2) is 0 Å². The SMILES string of the molecule is Cc1cc(C(=O)NC2(CBr)CCCC(C)C2)c(C)nn1. The first-order valence-electron chi connectivity index (χ1n) is 7.15. The van der Waals surface area contributed by atoms with Gasteiger partial charge in [0.25, 0.3) is 5.91 Å². The summed E-state index contributed by atoms with van der Waals surface area (Å²) in [6, 6.07) is 1.81. The number of aryl methyl sites for hydroxylation is 2. The first-order chi connectivity index (χ1) is 9.46. The van der Waals surface area contributed by atoms with Crippen molar-refractivity contribution in [1.29, 1.82) is 0 Å². The number of hydrogen-bond acceptors (Lipinski definition) is 3. The highest BCUT2D eigenvalue weighted by molar-refractivity contribution is 9.09. The van der Waals surface area contributed by atoms with Gasteiger partial charge >= 0.3 is 0 Å². The molecule has 0 aliphatic heterocycles. The summed E-state index contributed by atoms with van der Waals surface area (Å²) in [6.45, 7) is 5.93. The molecule has 0 bridgehead atoms. The molecule has 1 heterocycles. The van der Waals surface area contributed by atoms with Crippen LogP contribution in [0.5, 0.6) is 0 Å². The lowest BCUT2D eigenvalue weighted by molar-refractivity contribution is 0.0868. The summed E-state index contributed by atoms with van der Waals surface area (Å²) in [5.41, 5.74) is 1.96. The van der Waals surface area contributed by atoms with Crippen LogP contribution in [0.25, 0.3) is 0 Å². The van der Waals surface area contributed by atoms with Gasteiger partial charge in [0, 0.05) is 5.33 Å². The molecular formula is C15H22BrN3O. The smallest absolute Gasteiger partial charge is 0.253 e. The zero-order valence-electron chi connectivity index (χ0n) is 12.4. The number of carbonyl (C=O) groups is 1. The molecule has 1 amide bonds. The maximum absolute atomic E-state index is 12.6. The van der Waals surface area contributed by atoms with Crippen LogP contribution in [0.4, 0.5) is 0 Å². The third-order valence-corrected chi connectivity index (χ3v) is 5.14. The zero-order valence-corrected chi connectivity index (χ0v) is 14.0. The van der Waals surface area contributed by atoms with Crippen LogP contribution < -0.4 is 5.32 Å². The van der Waals surface area contributed by atoms with Crippen LogP contribution in [0.1, 0.15) is 54.4 Å². The van der Waals surface area contributed by atoms with Crippen LogP contribution in [0.2, 0.25) is 0 Å². The summed E-state index contributed by atoms with van der Waals surface area (Å²) >= 11 is 3.59. The third kappa shape index (κ3) is 3.37. The maximum atomic E-state index is 12.6. The van der Waals surface area contributed by atoms with Crippen molar-refractivity contribution in [2.24, 2.45) is 5.92 Å². The lowest BCUT2D eigenvalue weighted by atomic mass is 9.77. The van der Waals surface area contributed by atoms with E-state index in [1.165, 1.54) is 12.8 Å². The molecule has 5 heteroatoms. The summed E-state index contributed by atoms with van der Waals surface area (Å²) in [4.78, 5) is 12.6. The predicted molar refractivity (Wildman–Crippen MR) is 83.1 cm³/mol. The Kier molecular flexibility index (Phi) is 4.78. The van der Waals surface area contributed by atoms with Crippen LogP contribution in [0, 0.1) is 19.8 Å². The molecule has 2 unspecified atom stereocenters. The summed E-state index contributed by atoms with van der Waals surface area (Å²) in [5.74, 6) is 0.619. The number of halogens is 1. The number of nitrogens with one attached hydrogen (secondary N) is 1. The van der Waals surface area contributed by atoms with Crippen LogP contribution in [0.15, 0.2) is 6.07 Å². The number of carbonyl (C=O) groups excluding carboxylic acids is 1. The summed E-state index contributed by atoms with van der Waals surface area (Å²) in [5, 5.41) is 12.1. The van der Waals surface area contributed by atoms with Crippen molar-refractivity contribution in [2.45, 2.75) is 52.0 Å².